The molecule has 20 heavy (non-hydrogen) atoms. The number of aromatic nitrogens is 1. The fourth-order valence-electron chi connectivity index (χ4n) is 2.13. The van der Waals surface area contributed by atoms with Crippen LogP contribution in [0, 0.1) is 5.82 Å². The molecule has 1 aromatic rings. The van der Waals surface area contributed by atoms with Crippen molar-refractivity contribution in [3.8, 4) is 0 Å². The second-order valence-electron chi connectivity index (χ2n) is 4.59. The summed E-state index contributed by atoms with van der Waals surface area (Å²) in [6.07, 6.45) is 1.22. The van der Waals surface area contributed by atoms with E-state index in [4.69, 9.17) is 9.84 Å². The molecule has 0 saturated carbocycles. The van der Waals surface area contributed by atoms with Crippen molar-refractivity contribution in [1.29, 1.82) is 0 Å². The number of halogens is 1. The van der Waals surface area contributed by atoms with E-state index >= 15 is 0 Å². The van der Waals surface area contributed by atoms with Gasteiger partial charge in [0.25, 0.3) is 0 Å². The van der Waals surface area contributed by atoms with Crippen molar-refractivity contribution in [2.24, 2.45) is 0 Å². The average Bonchev–Trinajstić information content (AvgIpc) is 2.46. The maximum atomic E-state index is 13.9. The minimum Gasteiger partial charge on any atom is -0.478 e. The molecule has 110 valence electrons. The van der Waals surface area contributed by atoms with Gasteiger partial charge < -0.3 is 15.2 Å². The third-order valence-corrected chi connectivity index (χ3v) is 3.29. The predicted molar refractivity (Wildman–Crippen MR) is 71.5 cm³/mol. The van der Waals surface area contributed by atoms with Crippen LogP contribution in [0.3, 0.4) is 0 Å². The summed E-state index contributed by atoms with van der Waals surface area (Å²) >= 11 is 0. The number of morpholine rings is 1. The third kappa shape index (κ3) is 3.43. The number of carbonyl (C=O) groups is 1. The molecule has 0 aliphatic carbocycles. The van der Waals surface area contributed by atoms with Gasteiger partial charge in [0.2, 0.25) is 0 Å². The summed E-state index contributed by atoms with van der Waals surface area (Å²) in [6, 6.07) is 1.14. The molecule has 1 aliphatic heterocycles. The van der Waals surface area contributed by atoms with Crippen LogP contribution in [0.25, 0.3) is 0 Å². The Morgan fingerprint density at radius 2 is 2.50 bits per heavy atom. The third-order valence-electron chi connectivity index (χ3n) is 3.29. The Labute approximate surface area is 116 Å². The van der Waals surface area contributed by atoms with Crippen LogP contribution in [0.1, 0.15) is 17.3 Å². The Kier molecular flexibility index (Phi) is 4.86. The zero-order valence-corrected chi connectivity index (χ0v) is 11.3. The number of carboxylic acid groups (broad SMARTS) is 1. The quantitative estimate of drug-likeness (QED) is 0.841. The summed E-state index contributed by atoms with van der Waals surface area (Å²) < 4.78 is 19.4. The Morgan fingerprint density at radius 1 is 1.70 bits per heavy atom. The lowest BCUT2D eigenvalue weighted by Crippen LogP contribution is -2.45. The number of aromatic carboxylic acids is 1. The summed E-state index contributed by atoms with van der Waals surface area (Å²) in [5, 5.41) is 11.7. The molecule has 1 saturated heterocycles. The molecule has 2 N–H and O–H groups in total. The van der Waals surface area contributed by atoms with Crippen molar-refractivity contribution in [3.05, 3.63) is 23.6 Å². The van der Waals surface area contributed by atoms with Crippen LogP contribution in [0.5, 0.6) is 0 Å². The molecule has 0 radical (unpaired) electrons. The monoisotopic (exact) mass is 283 g/mol. The molecule has 7 heteroatoms. The summed E-state index contributed by atoms with van der Waals surface area (Å²) in [5.74, 6) is -2.20. The van der Waals surface area contributed by atoms with Gasteiger partial charge in [-0.15, -0.1) is 0 Å². The molecule has 1 atom stereocenters. The average molecular weight is 283 g/mol. The first-order valence-corrected chi connectivity index (χ1v) is 6.57. The van der Waals surface area contributed by atoms with Crippen molar-refractivity contribution in [2.75, 3.05) is 38.1 Å². The smallest absolute Gasteiger partial charge is 0.338 e. The molecule has 1 aromatic heterocycles. The van der Waals surface area contributed by atoms with Crippen LogP contribution in [0.4, 0.5) is 10.2 Å². The number of pyridine rings is 1. The SMILES string of the molecule is CCN1CCOC(CNc2nccc(C(=O)O)c2F)C1. The first kappa shape index (κ1) is 14.7. The van der Waals surface area contributed by atoms with Crippen LogP contribution in [-0.2, 0) is 4.74 Å². The molecular weight excluding hydrogens is 265 g/mol. The zero-order valence-electron chi connectivity index (χ0n) is 11.3. The van der Waals surface area contributed by atoms with E-state index in [1.807, 2.05) is 0 Å². The van der Waals surface area contributed by atoms with Gasteiger partial charge in [-0.3, -0.25) is 4.90 Å². The first-order valence-electron chi connectivity index (χ1n) is 6.57. The molecular formula is C13H18FN3O3. The standard InChI is InChI=1S/C13H18FN3O3/c1-2-17-5-6-20-9(8-17)7-16-12-11(14)10(13(18)19)3-4-15-12/h3-4,9H,2,5-8H2,1H3,(H,15,16)(H,18,19). The predicted octanol–water partition coefficient (Wildman–Crippen LogP) is 1.05. The normalized spacial score (nSPS) is 19.8. The lowest BCUT2D eigenvalue weighted by Gasteiger charge is -2.32. The van der Waals surface area contributed by atoms with Gasteiger partial charge >= 0.3 is 5.97 Å². The zero-order chi connectivity index (χ0) is 14.5. The van der Waals surface area contributed by atoms with Gasteiger partial charge in [-0.05, 0) is 12.6 Å². The van der Waals surface area contributed by atoms with Crippen molar-refractivity contribution in [1.82, 2.24) is 9.88 Å². The molecule has 1 fully saturated rings. The van der Waals surface area contributed by atoms with E-state index in [9.17, 15) is 9.18 Å². The minimum absolute atomic E-state index is 0.0536. The van der Waals surface area contributed by atoms with Crippen LogP contribution < -0.4 is 5.32 Å². The van der Waals surface area contributed by atoms with Crippen LogP contribution >= 0.6 is 0 Å². The molecule has 1 unspecified atom stereocenters. The molecule has 1 aliphatic rings. The van der Waals surface area contributed by atoms with E-state index in [0.29, 0.717) is 13.2 Å². The molecule has 0 amide bonds. The topological polar surface area (TPSA) is 74.7 Å². The fourth-order valence-corrected chi connectivity index (χ4v) is 2.13. The van der Waals surface area contributed by atoms with E-state index in [2.05, 4.69) is 22.1 Å². The van der Waals surface area contributed by atoms with Gasteiger partial charge in [0.1, 0.15) is 5.56 Å². The van der Waals surface area contributed by atoms with E-state index < -0.39 is 11.8 Å². The number of anilines is 1. The van der Waals surface area contributed by atoms with Gasteiger partial charge in [-0.2, -0.15) is 0 Å². The molecule has 6 nitrogen and oxygen atoms in total. The molecule has 0 spiro atoms. The lowest BCUT2D eigenvalue weighted by molar-refractivity contribution is -0.0192. The van der Waals surface area contributed by atoms with E-state index in [1.165, 1.54) is 6.20 Å². The highest BCUT2D eigenvalue weighted by Gasteiger charge is 2.20. The van der Waals surface area contributed by atoms with Gasteiger partial charge in [-0.1, -0.05) is 6.92 Å². The van der Waals surface area contributed by atoms with Crippen LogP contribution in [0.15, 0.2) is 12.3 Å². The van der Waals surface area contributed by atoms with Gasteiger partial charge in [0, 0.05) is 25.8 Å². The summed E-state index contributed by atoms with van der Waals surface area (Å²) in [4.78, 5) is 16.9. The van der Waals surface area contributed by atoms with E-state index in [-0.39, 0.29) is 17.5 Å². The Morgan fingerprint density at radius 3 is 3.20 bits per heavy atom. The first-order chi connectivity index (χ1) is 9.61. The van der Waals surface area contributed by atoms with Crippen molar-refractivity contribution < 1.29 is 19.0 Å². The second-order valence-corrected chi connectivity index (χ2v) is 4.59. The number of hydrogen-bond donors (Lipinski definition) is 2. The van der Waals surface area contributed by atoms with E-state index in [0.717, 1.165) is 25.7 Å². The van der Waals surface area contributed by atoms with Gasteiger partial charge in [-0.25, -0.2) is 14.2 Å². The van der Waals surface area contributed by atoms with Crippen LogP contribution in [-0.4, -0.2) is 59.8 Å². The Hall–Kier alpha value is -1.73. The van der Waals surface area contributed by atoms with Crippen molar-refractivity contribution >= 4 is 11.8 Å². The fraction of sp³-hybridized carbons (Fsp3) is 0.538. The van der Waals surface area contributed by atoms with E-state index in [1.54, 1.807) is 0 Å². The molecule has 0 bridgehead atoms. The highest BCUT2D eigenvalue weighted by atomic mass is 19.1. The van der Waals surface area contributed by atoms with Crippen molar-refractivity contribution in [3.63, 3.8) is 0 Å². The number of nitrogens with one attached hydrogen (secondary N) is 1. The Balaban J connectivity index is 1.97. The summed E-state index contributed by atoms with van der Waals surface area (Å²) in [7, 11) is 0. The van der Waals surface area contributed by atoms with Crippen LogP contribution in [0.2, 0.25) is 0 Å². The summed E-state index contributed by atoms with van der Waals surface area (Å²) in [6.45, 7) is 5.72. The number of hydrogen-bond acceptors (Lipinski definition) is 5. The lowest BCUT2D eigenvalue weighted by atomic mass is 10.2. The number of ether oxygens (including phenoxy) is 1. The van der Waals surface area contributed by atoms with Gasteiger partial charge in [0.15, 0.2) is 11.6 Å². The number of likely N-dealkylation sites (N-methyl/N-ethyl adjacent to an activating group) is 1. The minimum atomic E-state index is -1.31. The molecule has 2 heterocycles. The largest absolute Gasteiger partial charge is 0.478 e. The summed E-state index contributed by atoms with van der Waals surface area (Å²) in [5.41, 5.74) is -0.387. The number of rotatable bonds is 5. The highest BCUT2D eigenvalue weighted by molar-refractivity contribution is 5.88. The maximum Gasteiger partial charge on any atom is 0.338 e. The Bertz CT molecular complexity index is 484. The highest BCUT2D eigenvalue weighted by Crippen LogP contribution is 2.15. The van der Waals surface area contributed by atoms with Crippen molar-refractivity contribution in [2.45, 2.75) is 13.0 Å². The molecule has 0 aromatic carbocycles. The number of carboxylic acids is 1. The van der Waals surface area contributed by atoms with Gasteiger partial charge in [0.05, 0.1) is 12.7 Å². The molecule has 2 rings (SSSR count). The maximum absolute atomic E-state index is 13.9. The second kappa shape index (κ2) is 6.62. The number of nitrogens with zero attached hydrogens (tertiary/aromatic N) is 2.